The van der Waals surface area contributed by atoms with Crippen LogP contribution in [0, 0.1) is 6.92 Å². The van der Waals surface area contributed by atoms with Gasteiger partial charge in [-0.25, -0.2) is 0 Å². The molecule has 4 rings (SSSR count). The largest absolute Gasteiger partial charge is 0.461 e. The van der Waals surface area contributed by atoms with Gasteiger partial charge >= 0.3 is 0 Å². The van der Waals surface area contributed by atoms with E-state index in [0.29, 0.717) is 18.5 Å². The molecule has 26 heavy (non-hydrogen) atoms. The number of amides is 1. The lowest BCUT2D eigenvalue weighted by Gasteiger charge is -2.42. The fourth-order valence-corrected chi connectivity index (χ4v) is 4.48. The molecule has 1 aliphatic heterocycles. The van der Waals surface area contributed by atoms with Crippen LogP contribution >= 0.6 is 0 Å². The molecule has 1 amide bonds. The van der Waals surface area contributed by atoms with Crippen molar-refractivity contribution >= 4 is 5.91 Å². The molecule has 2 aliphatic rings. The molecule has 0 spiro atoms. The van der Waals surface area contributed by atoms with Crippen LogP contribution in [-0.2, 0) is 4.74 Å². The summed E-state index contributed by atoms with van der Waals surface area (Å²) in [6.45, 7) is 2.57. The van der Waals surface area contributed by atoms with E-state index in [-0.39, 0.29) is 23.7 Å². The highest BCUT2D eigenvalue weighted by Gasteiger charge is 2.52. The highest BCUT2D eigenvalue weighted by Crippen LogP contribution is 2.43. The van der Waals surface area contributed by atoms with Crippen molar-refractivity contribution in [3.05, 3.63) is 47.7 Å². The topological polar surface area (TPSA) is 62.9 Å². The summed E-state index contributed by atoms with van der Waals surface area (Å²) in [4.78, 5) is 15.1. The van der Waals surface area contributed by atoms with E-state index in [0.717, 1.165) is 36.3 Å². The minimum absolute atomic E-state index is 0.00634. The van der Waals surface area contributed by atoms with Gasteiger partial charge in [0.25, 0.3) is 5.91 Å². The Morgan fingerprint density at radius 1 is 1.31 bits per heavy atom. The Balaban J connectivity index is 1.62. The van der Waals surface area contributed by atoms with Gasteiger partial charge in [0.2, 0.25) is 0 Å². The second-order valence-electron chi connectivity index (χ2n) is 7.45. The molecule has 5 nitrogen and oxygen atoms in total. The number of hydrogen-bond donors (Lipinski definition) is 1. The second kappa shape index (κ2) is 6.56. The molecule has 1 saturated carbocycles. The first-order chi connectivity index (χ1) is 12.5. The van der Waals surface area contributed by atoms with Gasteiger partial charge in [-0.1, -0.05) is 12.1 Å². The van der Waals surface area contributed by atoms with Gasteiger partial charge in [-0.3, -0.25) is 4.79 Å². The zero-order valence-electron chi connectivity index (χ0n) is 15.3. The average Bonchev–Trinajstić information content (AvgIpc) is 3.25. The summed E-state index contributed by atoms with van der Waals surface area (Å²) in [6.07, 6.45) is 2.57. The number of carbonyl (C=O) groups excluding carboxylic acids is 1. The number of methoxy groups -OCH3 is 1. The summed E-state index contributed by atoms with van der Waals surface area (Å²) in [5, 5.41) is 10.1. The second-order valence-corrected chi connectivity index (χ2v) is 7.45. The van der Waals surface area contributed by atoms with Crippen LogP contribution in [0.15, 0.2) is 40.8 Å². The zero-order valence-corrected chi connectivity index (χ0v) is 15.3. The highest BCUT2D eigenvalue weighted by molar-refractivity contribution is 5.96. The van der Waals surface area contributed by atoms with Crippen molar-refractivity contribution in [1.82, 2.24) is 4.90 Å². The summed E-state index contributed by atoms with van der Waals surface area (Å²) in [5.41, 5.74) is 1.22. The van der Waals surface area contributed by atoms with Gasteiger partial charge in [-0.15, -0.1) is 0 Å². The van der Waals surface area contributed by atoms with E-state index in [4.69, 9.17) is 9.15 Å². The Morgan fingerprint density at radius 3 is 2.88 bits per heavy atom. The maximum atomic E-state index is 13.2. The predicted octanol–water partition coefficient (Wildman–Crippen LogP) is 3.40. The van der Waals surface area contributed by atoms with Crippen molar-refractivity contribution in [2.24, 2.45) is 0 Å². The van der Waals surface area contributed by atoms with E-state index < -0.39 is 0 Å². The maximum absolute atomic E-state index is 13.2. The van der Waals surface area contributed by atoms with Gasteiger partial charge in [0.05, 0.1) is 17.7 Å². The number of carbonyl (C=O) groups is 1. The van der Waals surface area contributed by atoms with Crippen molar-refractivity contribution in [1.29, 1.82) is 0 Å². The number of hydrogen-bond acceptors (Lipinski definition) is 4. The molecule has 0 bridgehead atoms. The number of nitrogens with zero attached hydrogens (tertiary/aromatic N) is 1. The van der Waals surface area contributed by atoms with Crippen molar-refractivity contribution < 1.29 is 19.1 Å². The molecular formula is C21H25NO4. The van der Waals surface area contributed by atoms with E-state index in [1.165, 1.54) is 0 Å². The minimum Gasteiger partial charge on any atom is -0.461 e. The van der Waals surface area contributed by atoms with Crippen LogP contribution in [-0.4, -0.2) is 47.3 Å². The van der Waals surface area contributed by atoms with Gasteiger partial charge in [-0.2, -0.15) is 0 Å². The number of aliphatic hydroxyl groups is 1. The van der Waals surface area contributed by atoms with Gasteiger partial charge in [0, 0.05) is 24.8 Å². The van der Waals surface area contributed by atoms with Crippen LogP contribution in [0.4, 0.5) is 0 Å². The number of aliphatic hydroxyl groups excluding tert-OH is 1. The molecule has 1 aliphatic carbocycles. The molecule has 2 fully saturated rings. The summed E-state index contributed by atoms with van der Waals surface area (Å²) in [7, 11) is 1.72. The number of rotatable bonds is 3. The monoisotopic (exact) mass is 355 g/mol. The molecule has 138 valence electrons. The molecule has 1 aromatic carbocycles. The predicted molar refractivity (Wildman–Crippen MR) is 97.9 cm³/mol. The van der Waals surface area contributed by atoms with E-state index in [1.54, 1.807) is 7.11 Å². The Hall–Kier alpha value is -2.11. The van der Waals surface area contributed by atoms with Crippen LogP contribution < -0.4 is 0 Å². The molecule has 0 radical (unpaired) electrons. The van der Waals surface area contributed by atoms with Gasteiger partial charge in [0.1, 0.15) is 11.5 Å². The number of fused-ring (bicyclic) bond motifs is 1. The number of benzene rings is 1. The average molecular weight is 355 g/mol. The lowest BCUT2D eigenvalue weighted by molar-refractivity contribution is -0.0824. The lowest BCUT2D eigenvalue weighted by Crippen LogP contribution is -2.52. The quantitative estimate of drug-likeness (QED) is 0.917. The Kier molecular flexibility index (Phi) is 4.37. The Morgan fingerprint density at radius 2 is 2.15 bits per heavy atom. The SMILES string of the molecule is CO[C@@]12CC[C@H](O)C[C@@H]1N(C(=O)c1cccc(-c3ccc(C)o3)c1)CC2. The normalized spacial score (nSPS) is 28.2. The highest BCUT2D eigenvalue weighted by atomic mass is 16.5. The third-order valence-corrected chi connectivity index (χ3v) is 5.96. The summed E-state index contributed by atoms with van der Waals surface area (Å²) >= 11 is 0. The lowest BCUT2D eigenvalue weighted by atomic mass is 9.79. The molecule has 5 heteroatoms. The molecule has 1 aromatic heterocycles. The van der Waals surface area contributed by atoms with Crippen molar-refractivity contribution in [3.63, 3.8) is 0 Å². The van der Waals surface area contributed by atoms with Crippen LogP contribution in [0.5, 0.6) is 0 Å². The zero-order chi connectivity index (χ0) is 18.3. The van der Waals surface area contributed by atoms with Crippen LogP contribution in [0.2, 0.25) is 0 Å². The van der Waals surface area contributed by atoms with Crippen molar-refractivity contribution in [2.45, 2.75) is 50.4 Å². The number of aryl methyl sites for hydroxylation is 1. The van der Waals surface area contributed by atoms with Crippen LogP contribution in [0.25, 0.3) is 11.3 Å². The van der Waals surface area contributed by atoms with E-state index in [1.807, 2.05) is 48.2 Å². The number of furan rings is 1. The van der Waals surface area contributed by atoms with E-state index >= 15 is 0 Å². The third kappa shape index (κ3) is 2.85. The smallest absolute Gasteiger partial charge is 0.254 e. The van der Waals surface area contributed by atoms with E-state index in [2.05, 4.69) is 0 Å². The first-order valence-corrected chi connectivity index (χ1v) is 9.23. The number of likely N-dealkylation sites (tertiary alicyclic amines) is 1. The molecule has 1 N–H and O–H groups in total. The van der Waals surface area contributed by atoms with Crippen LogP contribution in [0.1, 0.15) is 41.8 Å². The Labute approximate surface area is 153 Å². The molecular weight excluding hydrogens is 330 g/mol. The number of ether oxygens (including phenoxy) is 1. The minimum atomic E-state index is -0.367. The Bertz CT molecular complexity index is 814. The summed E-state index contributed by atoms with van der Waals surface area (Å²) < 4.78 is 11.5. The summed E-state index contributed by atoms with van der Waals surface area (Å²) in [6, 6.07) is 11.3. The molecule has 2 aromatic rings. The summed E-state index contributed by atoms with van der Waals surface area (Å²) in [5.74, 6) is 1.60. The molecule has 1 saturated heterocycles. The fourth-order valence-electron chi connectivity index (χ4n) is 4.48. The first-order valence-electron chi connectivity index (χ1n) is 9.23. The van der Waals surface area contributed by atoms with Crippen molar-refractivity contribution in [3.8, 4) is 11.3 Å². The standard InChI is InChI=1S/C21H25NO4/c1-14-6-7-18(26-14)15-4-3-5-16(12-15)20(24)22-11-10-21(25-2)9-8-17(23)13-19(21)22/h3-7,12,17,19,23H,8-11,13H2,1-2H3/t17-,19-,21+/m0/s1. The van der Waals surface area contributed by atoms with Gasteiger partial charge < -0.3 is 19.2 Å². The van der Waals surface area contributed by atoms with Gasteiger partial charge in [0.15, 0.2) is 0 Å². The molecule has 3 atom stereocenters. The molecule has 2 heterocycles. The van der Waals surface area contributed by atoms with Crippen LogP contribution in [0.3, 0.4) is 0 Å². The van der Waals surface area contributed by atoms with Crippen molar-refractivity contribution in [2.75, 3.05) is 13.7 Å². The molecule has 0 unspecified atom stereocenters. The maximum Gasteiger partial charge on any atom is 0.254 e. The fraction of sp³-hybridized carbons (Fsp3) is 0.476. The van der Waals surface area contributed by atoms with E-state index in [9.17, 15) is 9.90 Å². The van der Waals surface area contributed by atoms with Gasteiger partial charge in [-0.05, 0) is 56.9 Å². The first kappa shape index (κ1) is 17.3. The third-order valence-electron chi connectivity index (χ3n) is 5.96.